The van der Waals surface area contributed by atoms with Crippen molar-refractivity contribution in [3.8, 4) is 0 Å². The van der Waals surface area contributed by atoms with E-state index in [0.29, 0.717) is 0 Å². The Hall–Kier alpha value is -1.13. The second-order valence-electron chi connectivity index (χ2n) is 7.13. The monoisotopic (exact) mass is 380 g/mol. The van der Waals surface area contributed by atoms with Gasteiger partial charge in [0.1, 0.15) is 0 Å². The third-order valence-corrected chi connectivity index (χ3v) is 5.29. The molecule has 1 rings (SSSR count). The Morgan fingerprint density at radius 2 is 1.50 bits per heavy atom. The highest BCUT2D eigenvalue weighted by Gasteiger charge is 2.05. The van der Waals surface area contributed by atoms with E-state index in [2.05, 4.69) is 32.0 Å². The summed E-state index contributed by atoms with van der Waals surface area (Å²) >= 11 is 0. The van der Waals surface area contributed by atoms with Crippen molar-refractivity contribution in [1.29, 1.82) is 0 Å². The molecule has 0 fully saturated rings. The summed E-state index contributed by atoms with van der Waals surface area (Å²) in [5, 5.41) is 0. The molecular weight excluding hydrogens is 344 g/mol. The van der Waals surface area contributed by atoms with Gasteiger partial charge < -0.3 is 0 Å². The smallest absolute Gasteiger partial charge is 0.268 e. The number of benzene rings is 1. The van der Waals surface area contributed by atoms with E-state index < -0.39 is 10.1 Å². The predicted molar refractivity (Wildman–Crippen MR) is 111 cm³/mol. The van der Waals surface area contributed by atoms with Gasteiger partial charge in [-0.05, 0) is 61.6 Å². The van der Waals surface area contributed by atoms with Crippen molar-refractivity contribution < 1.29 is 13.0 Å². The number of hydrogen-bond donors (Lipinski definition) is 1. The van der Waals surface area contributed by atoms with Crippen molar-refractivity contribution in [2.75, 3.05) is 5.75 Å². The van der Waals surface area contributed by atoms with Crippen LogP contribution < -0.4 is 0 Å². The van der Waals surface area contributed by atoms with E-state index in [-0.39, 0.29) is 5.75 Å². The molecule has 1 aromatic carbocycles. The van der Waals surface area contributed by atoms with Crippen LogP contribution in [0.4, 0.5) is 0 Å². The zero-order valence-corrected chi connectivity index (χ0v) is 17.4. The van der Waals surface area contributed by atoms with Gasteiger partial charge in [0.15, 0.2) is 0 Å². The molecule has 0 heterocycles. The van der Waals surface area contributed by atoms with E-state index in [1.54, 1.807) is 0 Å². The first-order valence-electron chi connectivity index (χ1n) is 10.2. The summed E-state index contributed by atoms with van der Waals surface area (Å²) in [6.07, 6.45) is 16.2. The van der Waals surface area contributed by atoms with Crippen molar-refractivity contribution in [3.05, 3.63) is 47.0 Å². The van der Waals surface area contributed by atoms with Crippen LogP contribution in [-0.2, 0) is 29.4 Å². The maximum absolute atomic E-state index is 10.7. The third-order valence-electron chi connectivity index (χ3n) is 4.68. The molecule has 0 atom stereocenters. The van der Waals surface area contributed by atoms with Gasteiger partial charge >= 0.3 is 0 Å². The lowest BCUT2D eigenvalue weighted by molar-refractivity contribution is 0.486. The largest absolute Gasteiger partial charge is 0.285 e. The molecule has 0 saturated heterocycles. The number of hydrogen-bond acceptors (Lipinski definition) is 2. The van der Waals surface area contributed by atoms with E-state index in [1.165, 1.54) is 67.7 Å². The lowest BCUT2D eigenvalue weighted by Crippen LogP contribution is -2.00. The summed E-state index contributed by atoms with van der Waals surface area (Å²) in [5.41, 5.74) is 4.39. The van der Waals surface area contributed by atoms with Gasteiger partial charge in [0.2, 0.25) is 0 Å². The van der Waals surface area contributed by atoms with Crippen LogP contribution in [-0.4, -0.2) is 18.7 Å². The summed E-state index contributed by atoms with van der Waals surface area (Å²) in [7, 11) is -3.88. The number of rotatable bonds is 14. The summed E-state index contributed by atoms with van der Waals surface area (Å²) in [6.45, 7) is 4.48. The molecule has 4 heteroatoms. The molecule has 0 spiro atoms. The highest BCUT2D eigenvalue weighted by Crippen LogP contribution is 2.19. The Morgan fingerprint density at radius 3 is 2.15 bits per heavy atom. The van der Waals surface area contributed by atoms with E-state index in [0.717, 1.165) is 25.7 Å². The minimum Gasteiger partial charge on any atom is -0.285 e. The molecule has 1 aromatic rings. The van der Waals surface area contributed by atoms with Crippen LogP contribution in [0.5, 0.6) is 0 Å². The molecule has 0 bridgehead atoms. The maximum Gasteiger partial charge on any atom is 0.268 e. The molecule has 148 valence electrons. The van der Waals surface area contributed by atoms with Crippen molar-refractivity contribution in [3.63, 3.8) is 0 Å². The lowest BCUT2D eigenvalue weighted by Gasteiger charge is -2.12. The van der Waals surface area contributed by atoms with Crippen molar-refractivity contribution in [2.24, 2.45) is 0 Å². The number of aryl methyl sites for hydroxylation is 3. The minimum absolute atomic E-state index is 0.290. The average molecular weight is 381 g/mol. The van der Waals surface area contributed by atoms with Crippen LogP contribution in [0.25, 0.3) is 0 Å². The van der Waals surface area contributed by atoms with Gasteiger partial charge in [-0.3, -0.25) is 4.55 Å². The Labute approximate surface area is 160 Å². The van der Waals surface area contributed by atoms with Crippen LogP contribution in [0.1, 0.15) is 81.9 Å². The molecule has 0 amide bonds. The van der Waals surface area contributed by atoms with Crippen molar-refractivity contribution in [2.45, 2.75) is 84.5 Å². The first-order valence-corrected chi connectivity index (χ1v) is 11.8. The summed E-state index contributed by atoms with van der Waals surface area (Å²) in [6, 6.07) is 6.99. The first kappa shape index (κ1) is 22.9. The van der Waals surface area contributed by atoms with E-state index >= 15 is 0 Å². The van der Waals surface area contributed by atoms with Crippen LogP contribution in [0.3, 0.4) is 0 Å². The summed E-state index contributed by atoms with van der Waals surface area (Å²) < 4.78 is 30.1. The zero-order chi connectivity index (χ0) is 19.3. The normalized spacial score (nSPS) is 12.1. The fourth-order valence-electron chi connectivity index (χ4n) is 3.17. The lowest BCUT2D eigenvalue weighted by atomic mass is 9.94. The highest BCUT2D eigenvalue weighted by molar-refractivity contribution is 7.85. The fourth-order valence-corrected chi connectivity index (χ4v) is 3.55. The van der Waals surface area contributed by atoms with Gasteiger partial charge in [-0.2, -0.15) is 8.42 Å². The van der Waals surface area contributed by atoms with Gasteiger partial charge in [-0.1, -0.05) is 69.9 Å². The average Bonchev–Trinajstić information content (AvgIpc) is 2.59. The van der Waals surface area contributed by atoms with E-state index in [1.807, 2.05) is 6.08 Å². The molecule has 26 heavy (non-hydrogen) atoms. The van der Waals surface area contributed by atoms with E-state index in [9.17, 15) is 8.42 Å². The molecule has 1 N–H and O–H groups in total. The quantitative estimate of drug-likeness (QED) is 0.248. The zero-order valence-electron chi connectivity index (χ0n) is 16.5. The Balaban J connectivity index is 2.60. The molecule has 0 aromatic heterocycles. The minimum atomic E-state index is -3.88. The number of allylic oxidation sites excluding steroid dienone is 1. The second-order valence-corrected chi connectivity index (χ2v) is 8.63. The maximum atomic E-state index is 10.7. The van der Waals surface area contributed by atoms with Gasteiger partial charge in [0.05, 0.1) is 5.75 Å². The second kappa shape index (κ2) is 13.1. The Bertz CT molecular complexity index is 633. The van der Waals surface area contributed by atoms with E-state index in [4.69, 9.17) is 4.55 Å². The molecular formula is C22H36O3S. The Kier molecular flexibility index (Phi) is 11.5. The molecule has 0 aliphatic heterocycles. The molecule has 0 unspecified atom stereocenters. The fraction of sp³-hybridized carbons (Fsp3) is 0.636. The van der Waals surface area contributed by atoms with Crippen LogP contribution in [0, 0.1) is 0 Å². The van der Waals surface area contributed by atoms with Crippen molar-refractivity contribution in [1.82, 2.24) is 0 Å². The predicted octanol–water partition coefficient (Wildman–Crippen LogP) is 5.92. The van der Waals surface area contributed by atoms with Crippen molar-refractivity contribution >= 4 is 10.1 Å². The molecule has 0 aliphatic rings. The number of unbranched alkanes of at least 4 members (excludes halogenated alkanes) is 5. The van der Waals surface area contributed by atoms with Gasteiger partial charge in [0, 0.05) is 0 Å². The van der Waals surface area contributed by atoms with Crippen LogP contribution >= 0.6 is 0 Å². The standard InChI is InChI=1S/C22H36O3S/c1-3-5-9-13-20-16-17-21(22(19-20)15-10-6-4-2)14-11-7-8-12-18-26(23,24)25/h8,12,16-17,19H,3-7,9-11,13-15,18H2,1-2H3,(H,23,24,25). The molecule has 0 radical (unpaired) electrons. The first-order chi connectivity index (χ1) is 12.5. The van der Waals surface area contributed by atoms with Crippen LogP contribution in [0.15, 0.2) is 30.4 Å². The summed E-state index contributed by atoms with van der Waals surface area (Å²) in [5.74, 6) is -0.290. The molecule has 0 aliphatic carbocycles. The highest BCUT2D eigenvalue weighted by atomic mass is 32.2. The topological polar surface area (TPSA) is 54.4 Å². The molecule has 3 nitrogen and oxygen atoms in total. The Morgan fingerprint density at radius 1 is 0.846 bits per heavy atom. The third kappa shape index (κ3) is 10.8. The molecule has 0 saturated carbocycles. The van der Waals surface area contributed by atoms with Gasteiger partial charge in [-0.25, -0.2) is 0 Å². The SMILES string of the molecule is CCCCCc1ccc(CCCC=CCS(=O)(=O)O)c(CCCCC)c1. The van der Waals surface area contributed by atoms with Gasteiger partial charge in [0.25, 0.3) is 10.1 Å². The van der Waals surface area contributed by atoms with Gasteiger partial charge in [-0.15, -0.1) is 0 Å². The summed E-state index contributed by atoms with van der Waals surface area (Å²) in [4.78, 5) is 0. The van der Waals surface area contributed by atoms with Crippen LogP contribution in [0.2, 0.25) is 0 Å².